The fourth-order valence-electron chi connectivity index (χ4n) is 4.17. The highest BCUT2D eigenvalue weighted by Gasteiger charge is 2.34. The first-order chi connectivity index (χ1) is 13.3. The summed E-state index contributed by atoms with van der Waals surface area (Å²) < 4.78 is 5.79. The minimum atomic E-state index is -0.0855. The molecule has 1 amide bonds. The molecule has 7 heteroatoms. The highest BCUT2D eigenvalue weighted by molar-refractivity contribution is 6.04. The number of rotatable bonds is 4. The van der Waals surface area contributed by atoms with E-state index in [1.807, 2.05) is 48.5 Å². The van der Waals surface area contributed by atoms with Crippen LogP contribution in [0.5, 0.6) is 0 Å². The van der Waals surface area contributed by atoms with Crippen molar-refractivity contribution in [3.63, 3.8) is 0 Å². The van der Waals surface area contributed by atoms with E-state index in [9.17, 15) is 4.79 Å². The van der Waals surface area contributed by atoms with Gasteiger partial charge in [-0.05, 0) is 49.4 Å². The summed E-state index contributed by atoms with van der Waals surface area (Å²) in [6, 6.07) is 15.6. The molecule has 0 saturated carbocycles. The number of anilines is 2. The van der Waals surface area contributed by atoms with Gasteiger partial charge in [-0.15, -0.1) is 12.4 Å². The number of piperidine rings is 3. The van der Waals surface area contributed by atoms with Crippen molar-refractivity contribution in [2.75, 3.05) is 18.4 Å². The van der Waals surface area contributed by atoms with Crippen molar-refractivity contribution < 1.29 is 9.21 Å². The van der Waals surface area contributed by atoms with Crippen LogP contribution in [-0.2, 0) is 0 Å². The van der Waals surface area contributed by atoms with Gasteiger partial charge in [0.05, 0.1) is 11.7 Å². The number of hydrogen-bond donors (Lipinski definition) is 2. The predicted octanol–water partition coefficient (Wildman–Crippen LogP) is 4.16. The number of amides is 1. The Morgan fingerprint density at radius 1 is 1.07 bits per heavy atom. The van der Waals surface area contributed by atoms with E-state index in [2.05, 4.69) is 20.5 Å². The Labute approximate surface area is 169 Å². The molecule has 28 heavy (non-hydrogen) atoms. The number of benzene rings is 2. The van der Waals surface area contributed by atoms with E-state index in [0.717, 1.165) is 31.1 Å². The van der Waals surface area contributed by atoms with Crippen LogP contribution in [0, 0.1) is 5.92 Å². The fraction of sp³-hybridized carbons (Fsp3) is 0.333. The van der Waals surface area contributed by atoms with Crippen LogP contribution in [0.25, 0.3) is 11.1 Å². The summed E-state index contributed by atoms with van der Waals surface area (Å²) in [5, 5.41) is 6.35. The van der Waals surface area contributed by atoms with Gasteiger partial charge in [-0.3, -0.25) is 9.69 Å². The van der Waals surface area contributed by atoms with Gasteiger partial charge in [-0.2, -0.15) is 4.98 Å². The van der Waals surface area contributed by atoms with E-state index >= 15 is 0 Å². The molecule has 0 aliphatic carbocycles. The van der Waals surface area contributed by atoms with Crippen molar-refractivity contribution >= 4 is 41.1 Å². The molecule has 1 aromatic heterocycles. The maximum Gasteiger partial charge on any atom is 0.300 e. The topological polar surface area (TPSA) is 70.4 Å². The maximum absolute atomic E-state index is 12.9. The standard InChI is InChI=1S/C21H22N4O2.ClH/c26-20(23-18-13-14-9-11-25(18)12-10-14)16-7-4-8-17-19(16)24-21(27-17)22-15-5-2-1-3-6-15;/h1-8,14,18H,9-13H2,(H,22,24)(H,23,26);1H/t18-;/m0./s1. The van der Waals surface area contributed by atoms with Crippen molar-refractivity contribution in [2.45, 2.75) is 25.4 Å². The largest absolute Gasteiger partial charge is 0.423 e. The van der Waals surface area contributed by atoms with Gasteiger partial charge in [-0.1, -0.05) is 24.3 Å². The van der Waals surface area contributed by atoms with Crippen molar-refractivity contribution in [3.8, 4) is 0 Å². The lowest BCUT2D eigenvalue weighted by molar-refractivity contribution is 0.0295. The predicted molar refractivity (Wildman–Crippen MR) is 111 cm³/mol. The summed E-state index contributed by atoms with van der Waals surface area (Å²) in [6.45, 7) is 2.16. The van der Waals surface area contributed by atoms with Crippen LogP contribution < -0.4 is 10.6 Å². The van der Waals surface area contributed by atoms with Gasteiger partial charge >= 0.3 is 0 Å². The Morgan fingerprint density at radius 3 is 2.57 bits per heavy atom. The Balaban J connectivity index is 0.00000192. The smallest absolute Gasteiger partial charge is 0.300 e. The molecule has 3 aliphatic rings. The molecule has 0 unspecified atom stereocenters. The van der Waals surface area contributed by atoms with Crippen LogP contribution >= 0.6 is 12.4 Å². The van der Waals surface area contributed by atoms with Gasteiger partial charge in [0.1, 0.15) is 5.52 Å². The summed E-state index contributed by atoms with van der Waals surface area (Å²) in [7, 11) is 0. The molecular weight excluding hydrogens is 376 g/mol. The van der Waals surface area contributed by atoms with Crippen LogP contribution in [0.1, 0.15) is 29.6 Å². The summed E-state index contributed by atoms with van der Waals surface area (Å²) in [5.74, 6) is 0.655. The van der Waals surface area contributed by atoms with Crippen LogP contribution in [0.3, 0.4) is 0 Å². The first-order valence-corrected chi connectivity index (χ1v) is 9.53. The number of halogens is 1. The fourth-order valence-corrected chi connectivity index (χ4v) is 4.17. The van der Waals surface area contributed by atoms with Crippen molar-refractivity contribution in [2.24, 2.45) is 5.92 Å². The van der Waals surface area contributed by atoms with E-state index in [0.29, 0.717) is 22.7 Å². The maximum atomic E-state index is 12.9. The summed E-state index contributed by atoms with van der Waals surface area (Å²) in [6.07, 6.45) is 3.68. The van der Waals surface area contributed by atoms with Crippen LogP contribution in [-0.4, -0.2) is 35.0 Å². The van der Waals surface area contributed by atoms with E-state index in [4.69, 9.17) is 4.42 Å². The molecule has 6 nitrogen and oxygen atoms in total. The second kappa shape index (κ2) is 7.81. The average molecular weight is 399 g/mol. The number of aromatic nitrogens is 1. The van der Waals surface area contributed by atoms with Crippen LogP contribution in [0.4, 0.5) is 11.7 Å². The Kier molecular flexibility index (Phi) is 5.24. The second-order valence-corrected chi connectivity index (χ2v) is 7.37. The molecule has 3 aromatic rings. The third-order valence-electron chi connectivity index (χ3n) is 5.63. The number of para-hydroxylation sites is 2. The molecule has 2 aromatic carbocycles. The molecule has 146 valence electrons. The Hall–Kier alpha value is -2.57. The molecule has 3 saturated heterocycles. The zero-order chi connectivity index (χ0) is 18.2. The van der Waals surface area contributed by atoms with E-state index in [1.165, 1.54) is 12.8 Å². The summed E-state index contributed by atoms with van der Waals surface area (Å²) >= 11 is 0. The van der Waals surface area contributed by atoms with Crippen LogP contribution in [0.15, 0.2) is 52.9 Å². The van der Waals surface area contributed by atoms with Crippen molar-refractivity contribution in [1.82, 2.24) is 15.2 Å². The van der Waals surface area contributed by atoms with Gasteiger partial charge in [0.25, 0.3) is 11.9 Å². The highest BCUT2D eigenvalue weighted by Crippen LogP contribution is 2.31. The molecular formula is C21H23ClN4O2. The zero-order valence-electron chi connectivity index (χ0n) is 15.4. The van der Waals surface area contributed by atoms with E-state index in [-0.39, 0.29) is 24.5 Å². The number of fused-ring (bicyclic) bond motifs is 4. The number of hydrogen-bond acceptors (Lipinski definition) is 5. The number of nitrogens with zero attached hydrogens (tertiary/aromatic N) is 2. The third-order valence-corrected chi connectivity index (χ3v) is 5.63. The van der Waals surface area contributed by atoms with E-state index < -0.39 is 0 Å². The molecule has 3 fully saturated rings. The monoisotopic (exact) mass is 398 g/mol. The van der Waals surface area contributed by atoms with Gasteiger partial charge < -0.3 is 15.1 Å². The zero-order valence-corrected chi connectivity index (χ0v) is 16.2. The van der Waals surface area contributed by atoms with E-state index in [1.54, 1.807) is 0 Å². The number of carbonyl (C=O) groups excluding carboxylic acids is 1. The average Bonchev–Trinajstić information content (AvgIpc) is 3.12. The normalized spacial score (nSPS) is 23.2. The van der Waals surface area contributed by atoms with Gasteiger partial charge in [0.2, 0.25) is 0 Å². The Morgan fingerprint density at radius 2 is 1.86 bits per heavy atom. The molecule has 3 aliphatic heterocycles. The number of oxazole rings is 1. The SMILES string of the molecule is Cl.O=C(N[C@@H]1CC2CCN1CC2)c1cccc2oc(Nc3ccccc3)nc12. The summed E-state index contributed by atoms with van der Waals surface area (Å²) in [4.78, 5) is 19.8. The lowest BCUT2D eigenvalue weighted by Crippen LogP contribution is -2.56. The first kappa shape index (κ1) is 18.8. The number of nitrogens with one attached hydrogen (secondary N) is 2. The van der Waals surface area contributed by atoms with Gasteiger partial charge in [-0.25, -0.2) is 0 Å². The molecule has 2 bridgehead atoms. The minimum absolute atomic E-state index is 0. The summed E-state index contributed by atoms with van der Waals surface area (Å²) in [5.41, 5.74) is 2.64. The number of carbonyl (C=O) groups is 1. The van der Waals surface area contributed by atoms with Crippen molar-refractivity contribution in [3.05, 3.63) is 54.1 Å². The Bertz CT molecular complexity index is 967. The molecule has 1 atom stereocenters. The molecule has 2 N–H and O–H groups in total. The minimum Gasteiger partial charge on any atom is -0.423 e. The molecule has 0 spiro atoms. The highest BCUT2D eigenvalue weighted by atomic mass is 35.5. The molecule has 6 rings (SSSR count). The van der Waals surface area contributed by atoms with Gasteiger partial charge in [0.15, 0.2) is 5.58 Å². The molecule has 4 heterocycles. The lowest BCUT2D eigenvalue weighted by Gasteiger charge is -2.45. The second-order valence-electron chi connectivity index (χ2n) is 7.37. The quantitative estimate of drug-likeness (QED) is 0.690. The first-order valence-electron chi connectivity index (χ1n) is 9.53. The third kappa shape index (κ3) is 3.57. The lowest BCUT2D eigenvalue weighted by atomic mass is 9.86. The van der Waals surface area contributed by atoms with Crippen LogP contribution in [0.2, 0.25) is 0 Å². The van der Waals surface area contributed by atoms with Gasteiger partial charge in [0, 0.05) is 18.8 Å². The van der Waals surface area contributed by atoms with Crippen molar-refractivity contribution in [1.29, 1.82) is 0 Å². The molecule has 0 radical (unpaired) electrons.